The number of rotatable bonds is 3. The molecule has 0 saturated carbocycles. The summed E-state index contributed by atoms with van der Waals surface area (Å²) < 4.78 is 5.31. The van der Waals surface area contributed by atoms with Crippen molar-refractivity contribution in [3.8, 4) is 0 Å². The maximum atomic E-state index is 9.77. The molecule has 0 spiro atoms. The van der Waals surface area contributed by atoms with Gasteiger partial charge in [-0.15, -0.1) is 0 Å². The SMILES string of the molecule is O=C([O-])OC(Cl)(Cl)COC(=O)O. The Kier molecular flexibility index (Phi) is 3.91. The molecule has 0 fully saturated rings. The molecule has 1 N–H and O–H groups in total. The molecule has 70 valence electrons. The van der Waals surface area contributed by atoms with Crippen LogP contribution in [-0.4, -0.2) is 28.5 Å². The van der Waals surface area contributed by atoms with Gasteiger partial charge in [0.2, 0.25) is 4.52 Å². The second-order valence-electron chi connectivity index (χ2n) is 1.54. The number of ether oxygens (including phenoxy) is 2. The smallest absolute Gasteiger partial charge is 0.505 e. The Morgan fingerprint density at radius 1 is 1.50 bits per heavy atom. The Labute approximate surface area is 76.6 Å². The largest absolute Gasteiger partial charge is 0.512 e. The van der Waals surface area contributed by atoms with Gasteiger partial charge in [0.05, 0.1) is 0 Å². The number of alkyl halides is 2. The third-order valence-electron chi connectivity index (χ3n) is 0.596. The zero-order valence-electron chi connectivity index (χ0n) is 5.45. The first kappa shape index (κ1) is 11.1. The maximum absolute atomic E-state index is 9.77. The molecule has 12 heavy (non-hydrogen) atoms. The molecular weight excluding hydrogens is 215 g/mol. The van der Waals surface area contributed by atoms with Crippen LogP contribution in [-0.2, 0) is 9.47 Å². The number of carboxylic acid groups (broad SMARTS) is 2. The highest BCUT2D eigenvalue weighted by molar-refractivity contribution is 6.47. The Hall–Kier alpha value is -0.880. The minimum absolute atomic E-state index is 0.834. The molecule has 0 aliphatic rings. The van der Waals surface area contributed by atoms with E-state index in [4.69, 9.17) is 28.3 Å². The van der Waals surface area contributed by atoms with Gasteiger partial charge in [0.15, 0.2) is 0 Å². The Morgan fingerprint density at radius 3 is 2.33 bits per heavy atom. The van der Waals surface area contributed by atoms with Gasteiger partial charge >= 0.3 is 6.16 Å². The average Bonchev–Trinajstić information content (AvgIpc) is 1.81. The van der Waals surface area contributed by atoms with Crippen LogP contribution in [0, 0.1) is 0 Å². The highest BCUT2D eigenvalue weighted by Crippen LogP contribution is 2.22. The van der Waals surface area contributed by atoms with E-state index in [1.807, 2.05) is 0 Å². The van der Waals surface area contributed by atoms with Crippen LogP contribution < -0.4 is 5.11 Å². The lowest BCUT2D eigenvalue weighted by molar-refractivity contribution is -0.287. The number of carbonyl (C=O) groups excluding carboxylic acids is 1. The highest BCUT2D eigenvalue weighted by Gasteiger charge is 2.24. The number of hydrogen-bond acceptors (Lipinski definition) is 5. The molecule has 0 aliphatic carbocycles. The first-order valence-electron chi connectivity index (χ1n) is 2.47. The lowest BCUT2D eigenvalue weighted by Gasteiger charge is -2.22. The normalized spacial score (nSPS) is 10.5. The van der Waals surface area contributed by atoms with E-state index in [9.17, 15) is 14.7 Å². The van der Waals surface area contributed by atoms with Crippen LogP contribution in [0.4, 0.5) is 9.59 Å². The Morgan fingerprint density at radius 2 is 2.00 bits per heavy atom. The topological polar surface area (TPSA) is 95.9 Å². The van der Waals surface area contributed by atoms with Crippen molar-refractivity contribution in [3.63, 3.8) is 0 Å². The van der Waals surface area contributed by atoms with Crippen molar-refractivity contribution in [1.82, 2.24) is 0 Å². The van der Waals surface area contributed by atoms with Crippen LogP contribution >= 0.6 is 23.2 Å². The molecule has 6 nitrogen and oxygen atoms in total. The first-order chi connectivity index (χ1) is 5.33. The van der Waals surface area contributed by atoms with Crippen molar-refractivity contribution >= 4 is 35.5 Å². The average molecular weight is 218 g/mol. The van der Waals surface area contributed by atoms with E-state index in [2.05, 4.69) is 9.47 Å². The zero-order valence-corrected chi connectivity index (χ0v) is 6.96. The summed E-state index contributed by atoms with van der Waals surface area (Å²) in [5, 5.41) is 17.7. The van der Waals surface area contributed by atoms with E-state index in [0.717, 1.165) is 0 Å². The fourth-order valence-corrected chi connectivity index (χ4v) is 0.532. The predicted molar refractivity (Wildman–Crippen MR) is 34.9 cm³/mol. The highest BCUT2D eigenvalue weighted by atomic mass is 35.5. The molecule has 0 amide bonds. The molecular formula is C4H3Cl2O6-. The van der Waals surface area contributed by atoms with E-state index >= 15 is 0 Å². The molecule has 0 heterocycles. The summed E-state index contributed by atoms with van der Waals surface area (Å²) in [6.45, 7) is -0.834. The van der Waals surface area contributed by atoms with Gasteiger partial charge in [-0.25, -0.2) is 4.79 Å². The van der Waals surface area contributed by atoms with Crippen LogP contribution in [0.3, 0.4) is 0 Å². The zero-order chi connectivity index (χ0) is 9.78. The van der Waals surface area contributed by atoms with Crippen LogP contribution in [0.25, 0.3) is 0 Å². The van der Waals surface area contributed by atoms with Gasteiger partial charge < -0.3 is 24.5 Å². The molecule has 0 saturated heterocycles. The second kappa shape index (κ2) is 4.22. The molecule has 0 aromatic carbocycles. The Balaban J connectivity index is 3.86. The fraction of sp³-hybridized carbons (Fsp3) is 0.500. The summed E-state index contributed by atoms with van der Waals surface area (Å²) in [6.07, 6.45) is -3.63. The number of halogens is 2. The van der Waals surface area contributed by atoms with Crippen molar-refractivity contribution in [3.05, 3.63) is 0 Å². The summed E-state index contributed by atoms with van der Waals surface area (Å²) >= 11 is 10.2. The minimum Gasteiger partial charge on any atom is -0.512 e. The van der Waals surface area contributed by atoms with E-state index in [1.54, 1.807) is 0 Å². The Bertz CT molecular complexity index is 190. The van der Waals surface area contributed by atoms with E-state index in [-0.39, 0.29) is 0 Å². The van der Waals surface area contributed by atoms with Gasteiger partial charge in [0, 0.05) is 0 Å². The molecule has 0 rings (SSSR count). The van der Waals surface area contributed by atoms with Gasteiger partial charge in [0.1, 0.15) is 6.61 Å². The number of carbonyl (C=O) groups is 2. The monoisotopic (exact) mass is 217 g/mol. The number of hydrogen-bond donors (Lipinski definition) is 1. The molecule has 0 unspecified atom stereocenters. The molecule has 0 aromatic heterocycles. The van der Waals surface area contributed by atoms with Crippen molar-refractivity contribution in [2.24, 2.45) is 0 Å². The van der Waals surface area contributed by atoms with Gasteiger partial charge in [-0.2, -0.15) is 0 Å². The fourth-order valence-electron chi connectivity index (χ4n) is 0.297. The standard InChI is InChI=1S/C4H4Cl2O6/c5-4(6,12-3(9)10)1-11-2(7)8/h1H2,(H,7,8)(H,9,10)/p-1. The lowest BCUT2D eigenvalue weighted by Crippen LogP contribution is -2.35. The molecule has 0 aromatic rings. The maximum Gasteiger partial charge on any atom is 0.505 e. The molecule has 0 radical (unpaired) electrons. The second-order valence-corrected chi connectivity index (χ2v) is 2.96. The van der Waals surface area contributed by atoms with Crippen molar-refractivity contribution < 1.29 is 29.3 Å². The minimum atomic E-state index is -2.27. The molecule has 0 bridgehead atoms. The summed E-state index contributed by atoms with van der Waals surface area (Å²) in [4.78, 5) is 19.5. The van der Waals surface area contributed by atoms with Crippen molar-refractivity contribution in [2.75, 3.05) is 6.61 Å². The quantitative estimate of drug-likeness (QED) is 0.535. The van der Waals surface area contributed by atoms with Crippen LogP contribution in [0.2, 0.25) is 0 Å². The van der Waals surface area contributed by atoms with Crippen LogP contribution in [0.15, 0.2) is 0 Å². The molecule has 8 heteroatoms. The van der Waals surface area contributed by atoms with E-state index in [0.29, 0.717) is 0 Å². The van der Waals surface area contributed by atoms with Gasteiger partial charge in [-0.1, -0.05) is 23.2 Å². The third-order valence-corrected chi connectivity index (χ3v) is 0.969. The third kappa shape index (κ3) is 5.87. The summed E-state index contributed by atoms with van der Waals surface area (Å²) in [7, 11) is 0. The summed E-state index contributed by atoms with van der Waals surface area (Å²) in [6, 6.07) is 0. The molecule has 0 atom stereocenters. The summed E-state index contributed by atoms with van der Waals surface area (Å²) in [5.74, 6) is 0. The van der Waals surface area contributed by atoms with Crippen molar-refractivity contribution in [1.29, 1.82) is 0 Å². The van der Waals surface area contributed by atoms with E-state index in [1.165, 1.54) is 0 Å². The van der Waals surface area contributed by atoms with Crippen LogP contribution in [0.1, 0.15) is 0 Å². The van der Waals surface area contributed by atoms with Gasteiger partial charge in [-0.05, 0) is 0 Å². The molecule has 0 aliphatic heterocycles. The van der Waals surface area contributed by atoms with Gasteiger partial charge in [-0.3, -0.25) is 0 Å². The van der Waals surface area contributed by atoms with Crippen LogP contribution in [0.5, 0.6) is 0 Å². The van der Waals surface area contributed by atoms with Crippen molar-refractivity contribution in [2.45, 2.75) is 4.52 Å². The summed E-state index contributed by atoms with van der Waals surface area (Å²) in [5.41, 5.74) is 0. The van der Waals surface area contributed by atoms with E-state index < -0.39 is 23.4 Å². The van der Waals surface area contributed by atoms with Gasteiger partial charge in [0.25, 0.3) is 6.16 Å². The lowest BCUT2D eigenvalue weighted by atomic mass is 10.7. The first-order valence-corrected chi connectivity index (χ1v) is 3.22. The predicted octanol–water partition coefficient (Wildman–Crippen LogP) is 0.172.